The third-order valence-electron chi connectivity index (χ3n) is 3.44. The Morgan fingerprint density at radius 1 is 1.38 bits per heavy atom. The number of benzene rings is 1. The van der Waals surface area contributed by atoms with Crippen LogP contribution in [0.1, 0.15) is 12.5 Å². The van der Waals surface area contributed by atoms with Gasteiger partial charge in [0.15, 0.2) is 0 Å². The van der Waals surface area contributed by atoms with Crippen LogP contribution in [0.15, 0.2) is 30.3 Å². The average Bonchev–Trinajstić information content (AvgIpc) is 2.48. The van der Waals surface area contributed by atoms with Crippen LogP contribution in [0.3, 0.4) is 0 Å². The molecule has 1 aliphatic rings. The Morgan fingerprint density at radius 3 is 2.67 bits per heavy atom. The van der Waals surface area contributed by atoms with Crippen LogP contribution < -0.4 is 5.32 Å². The Kier molecular flexibility index (Phi) is 4.11. The zero-order chi connectivity index (χ0) is 15.5. The molecule has 1 aromatic carbocycles. The Hall–Kier alpha value is -2.57. The standard InChI is InChI=1S/C14H16N2O5/c1-14(12(18)19)11(17)15-7-8-16(14)13(20)21-9-10-5-3-2-4-6-10/h2-6H,7-9H2,1H3,(H,15,17)(H,18,19). The van der Waals surface area contributed by atoms with Gasteiger partial charge in [0.2, 0.25) is 5.54 Å². The number of rotatable bonds is 3. The molecule has 7 nitrogen and oxygen atoms in total. The number of amides is 2. The average molecular weight is 292 g/mol. The molecule has 112 valence electrons. The molecule has 2 amide bonds. The first kappa shape index (κ1) is 14.8. The van der Waals surface area contributed by atoms with Crippen molar-refractivity contribution in [1.82, 2.24) is 10.2 Å². The third kappa shape index (κ3) is 2.81. The van der Waals surface area contributed by atoms with Gasteiger partial charge in [0.25, 0.3) is 5.91 Å². The lowest BCUT2D eigenvalue weighted by molar-refractivity contribution is -0.158. The molecule has 0 spiro atoms. The van der Waals surface area contributed by atoms with Crippen LogP contribution in [0.2, 0.25) is 0 Å². The van der Waals surface area contributed by atoms with Gasteiger partial charge in [-0.2, -0.15) is 0 Å². The Labute approximate surface area is 121 Å². The number of aliphatic carboxylic acids is 1. The van der Waals surface area contributed by atoms with Crippen molar-refractivity contribution in [2.45, 2.75) is 19.1 Å². The molecule has 1 saturated heterocycles. The van der Waals surface area contributed by atoms with E-state index >= 15 is 0 Å². The number of nitrogens with zero attached hydrogens (tertiary/aromatic N) is 1. The molecular formula is C14H16N2O5. The van der Waals surface area contributed by atoms with E-state index in [-0.39, 0.29) is 19.7 Å². The highest BCUT2D eigenvalue weighted by molar-refractivity contribution is 6.08. The second-order valence-corrected chi connectivity index (χ2v) is 4.83. The predicted molar refractivity (Wildman–Crippen MR) is 72.4 cm³/mol. The Balaban J connectivity index is 2.09. The smallest absolute Gasteiger partial charge is 0.411 e. The second kappa shape index (κ2) is 5.82. The van der Waals surface area contributed by atoms with Crippen molar-refractivity contribution in [2.24, 2.45) is 0 Å². The van der Waals surface area contributed by atoms with E-state index in [0.29, 0.717) is 0 Å². The van der Waals surface area contributed by atoms with E-state index in [2.05, 4.69) is 5.32 Å². The van der Waals surface area contributed by atoms with E-state index in [4.69, 9.17) is 4.74 Å². The molecule has 21 heavy (non-hydrogen) atoms. The van der Waals surface area contributed by atoms with E-state index in [9.17, 15) is 19.5 Å². The molecule has 1 unspecified atom stereocenters. The molecule has 0 aromatic heterocycles. The first-order valence-corrected chi connectivity index (χ1v) is 6.46. The molecule has 0 aliphatic carbocycles. The number of hydrogen-bond acceptors (Lipinski definition) is 4. The van der Waals surface area contributed by atoms with Crippen molar-refractivity contribution in [3.05, 3.63) is 35.9 Å². The van der Waals surface area contributed by atoms with Crippen molar-refractivity contribution in [1.29, 1.82) is 0 Å². The van der Waals surface area contributed by atoms with Crippen molar-refractivity contribution < 1.29 is 24.2 Å². The lowest BCUT2D eigenvalue weighted by Gasteiger charge is -2.39. The van der Waals surface area contributed by atoms with E-state index < -0.39 is 23.5 Å². The van der Waals surface area contributed by atoms with Crippen molar-refractivity contribution in [3.8, 4) is 0 Å². The summed E-state index contributed by atoms with van der Waals surface area (Å²) in [5.41, 5.74) is -1.17. The SMILES string of the molecule is CC1(C(=O)O)C(=O)NCCN1C(=O)OCc1ccccc1. The van der Waals surface area contributed by atoms with Gasteiger partial charge in [-0.1, -0.05) is 30.3 Å². The highest BCUT2D eigenvalue weighted by Gasteiger charge is 2.52. The summed E-state index contributed by atoms with van der Waals surface area (Å²) in [4.78, 5) is 36.2. The summed E-state index contributed by atoms with van der Waals surface area (Å²) in [7, 11) is 0. The van der Waals surface area contributed by atoms with Crippen LogP contribution in [-0.4, -0.2) is 46.6 Å². The lowest BCUT2D eigenvalue weighted by Crippen LogP contribution is -2.68. The van der Waals surface area contributed by atoms with Crippen LogP contribution in [0.5, 0.6) is 0 Å². The molecule has 0 saturated carbocycles. The fraction of sp³-hybridized carbons (Fsp3) is 0.357. The summed E-state index contributed by atoms with van der Waals surface area (Å²) in [5, 5.41) is 11.7. The number of ether oxygens (including phenoxy) is 1. The minimum atomic E-state index is -1.95. The maximum absolute atomic E-state index is 12.1. The Morgan fingerprint density at radius 2 is 2.05 bits per heavy atom. The number of carbonyl (C=O) groups is 3. The lowest BCUT2D eigenvalue weighted by atomic mass is 9.97. The number of nitrogens with one attached hydrogen (secondary N) is 1. The Bertz CT molecular complexity index is 560. The van der Waals surface area contributed by atoms with Gasteiger partial charge in [0.05, 0.1) is 0 Å². The quantitative estimate of drug-likeness (QED) is 0.795. The first-order valence-electron chi connectivity index (χ1n) is 6.46. The predicted octanol–water partition coefficient (Wildman–Crippen LogP) is 0.598. The highest BCUT2D eigenvalue weighted by Crippen LogP contribution is 2.20. The fourth-order valence-electron chi connectivity index (χ4n) is 2.08. The fourth-order valence-corrected chi connectivity index (χ4v) is 2.08. The topological polar surface area (TPSA) is 95.9 Å². The summed E-state index contributed by atoms with van der Waals surface area (Å²) >= 11 is 0. The summed E-state index contributed by atoms with van der Waals surface area (Å²) in [5.74, 6) is -2.12. The van der Waals surface area contributed by atoms with E-state index in [1.54, 1.807) is 24.3 Å². The molecule has 2 N–H and O–H groups in total. The summed E-state index contributed by atoms with van der Waals surface area (Å²) in [6, 6.07) is 9.01. The molecule has 0 radical (unpaired) electrons. The van der Waals surface area contributed by atoms with Gasteiger partial charge in [-0.25, -0.2) is 9.59 Å². The zero-order valence-electron chi connectivity index (χ0n) is 11.5. The molecule has 1 aromatic rings. The zero-order valence-corrected chi connectivity index (χ0v) is 11.5. The molecule has 1 aliphatic heterocycles. The number of piperazine rings is 1. The maximum atomic E-state index is 12.1. The molecule has 7 heteroatoms. The van der Waals surface area contributed by atoms with Crippen molar-refractivity contribution in [3.63, 3.8) is 0 Å². The van der Waals surface area contributed by atoms with Crippen molar-refractivity contribution in [2.75, 3.05) is 13.1 Å². The highest BCUT2D eigenvalue weighted by atomic mass is 16.6. The van der Waals surface area contributed by atoms with Gasteiger partial charge in [-0.05, 0) is 12.5 Å². The van der Waals surface area contributed by atoms with E-state index in [0.717, 1.165) is 10.5 Å². The number of carbonyl (C=O) groups excluding carboxylic acids is 2. The van der Waals surface area contributed by atoms with E-state index in [1.165, 1.54) is 6.92 Å². The molecule has 2 rings (SSSR count). The van der Waals surface area contributed by atoms with Crippen LogP contribution in [0.25, 0.3) is 0 Å². The number of carboxylic acids is 1. The van der Waals surface area contributed by atoms with Gasteiger partial charge in [-0.3, -0.25) is 9.69 Å². The minimum absolute atomic E-state index is 0.0213. The monoisotopic (exact) mass is 292 g/mol. The summed E-state index contributed by atoms with van der Waals surface area (Å²) in [6.07, 6.45) is -0.821. The number of carboxylic acid groups (broad SMARTS) is 1. The second-order valence-electron chi connectivity index (χ2n) is 4.83. The van der Waals surface area contributed by atoms with Gasteiger partial charge >= 0.3 is 12.1 Å². The first-order chi connectivity index (χ1) is 9.96. The van der Waals surface area contributed by atoms with Gasteiger partial charge in [0, 0.05) is 13.1 Å². The van der Waals surface area contributed by atoms with Gasteiger partial charge in [-0.15, -0.1) is 0 Å². The molecular weight excluding hydrogens is 276 g/mol. The van der Waals surface area contributed by atoms with Crippen LogP contribution in [-0.2, 0) is 20.9 Å². The maximum Gasteiger partial charge on any atom is 0.411 e. The summed E-state index contributed by atoms with van der Waals surface area (Å²) < 4.78 is 5.11. The summed E-state index contributed by atoms with van der Waals surface area (Å²) in [6.45, 7) is 1.49. The van der Waals surface area contributed by atoms with Crippen LogP contribution in [0.4, 0.5) is 4.79 Å². The molecule has 1 heterocycles. The van der Waals surface area contributed by atoms with Crippen LogP contribution in [0, 0.1) is 0 Å². The third-order valence-corrected chi connectivity index (χ3v) is 3.44. The van der Waals surface area contributed by atoms with Crippen LogP contribution >= 0.6 is 0 Å². The normalized spacial score (nSPS) is 21.6. The largest absolute Gasteiger partial charge is 0.479 e. The number of hydrogen-bond donors (Lipinski definition) is 2. The van der Waals surface area contributed by atoms with Crippen molar-refractivity contribution >= 4 is 18.0 Å². The van der Waals surface area contributed by atoms with Gasteiger partial charge in [0.1, 0.15) is 6.61 Å². The molecule has 0 bridgehead atoms. The molecule has 1 fully saturated rings. The van der Waals surface area contributed by atoms with E-state index in [1.807, 2.05) is 6.07 Å². The minimum Gasteiger partial charge on any atom is -0.479 e. The molecule has 1 atom stereocenters. The van der Waals surface area contributed by atoms with Gasteiger partial charge < -0.3 is 15.2 Å².